The first kappa shape index (κ1) is 32.9. The van der Waals surface area contributed by atoms with Gasteiger partial charge in [-0.15, -0.1) is 0 Å². The van der Waals surface area contributed by atoms with Gasteiger partial charge in [0.2, 0.25) is 0 Å². The maximum absolute atomic E-state index is 2.47. The molecule has 2 aliphatic rings. The van der Waals surface area contributed by atoms with Crippen LogP contribution in [0.3, 0.4) is 0 Å². The average Bonchev–Trinajstić information content (AvgIpc) is 3.69. The highest BCUT2D eigenvalue weighted by Gasteiger charge is 2.51. The van der Waals surface area contributed by atoms with Gasteiger partial charge in [0.05, 0.1) is 5.41 Å². The molecule has 0 radical (unpaired) electrons. The van der Waals surface area contributed by atoms with Crippen molar-refractivity contribution in [3.63, 3.8) is 0 Å². The highest BCUT2D eigenvalue weighted by molar-refractivity contribution is 5.96. The van der Waals surface area contributed by atoms with E-state index in [1.165, 1.54) is 77.9 Å². The van der Waals surface area contributed by atoms with Crippen LogP contribution in [0.25, 0.3) is 33.9 Å². The van der Waals surface area contributed by atoms with E-state index >= 15 is 0 Å². The van der Waals surface area contributed by atoms with Crippen molar-refractivity contribution < 1.29 is 0 Å². The zero-order valence-electron chi connectivity index (χ0n) is 31.4. The molecule has 0 aromatic heterocycles. The molecule has 0 atom stereocenters. The van der Waals surface area contributed by atoms with E-state index in [0.717, 1.165) is 22.6 Å². The molecular formula is C54H41N. The van der Waals surface area contributed by atoms with Gasteiger partial charge in [0.1, 0.15) is 0 Å². The van der Waals surface area contributed by atoms with E-state index in [-0.39, 0.29) is 0 Å². The molecule has 1 nitrogen and oxygen atoms in total. The zero-order chi connectivity index (χ0) is 37.1. The Balaban J connectivity index is 1.13. The Morgan fingerprint density at radius 3 is 1.24 bits per heavy atom. The first-order valence-electron chi connectivity index (χ1n) is 19.3. The smallest absolute Gasteiger partial charge is 0.0726 e. The van der Waals surface area contributed by atoms with Crippen molar-refractivity contribution in [2.45, 2.75) is 26.2 Å². The fraction of sp³-hybridized carbons (Fsp3) is 0.0741. The van der Waals surface area contributed by atoms with E-state index in [1.807, 2.05) is 0 Å². The number of nitrogens with zero attached hydrogens (tertiary/aromatic N) is 1. The number of anilines is 3. The summed E-state index contributed by atoms with van der Waals surface area (Å²) in [5, 5.41) is 0. The summed E-state index contributed by atoms with van der Waals surface area (Å²) < 4.78 is 0. The molecule has 0 amide bonds. The number of aryl methyl sites for hydroxylation is 3. The van der Waals surface area contributed by atoms with Crippen LogP contribution < -0.4 is 4.90 Å². The topological polar surface area (TPSA) is 3.24 Å². The van der Waals surface area contributed by atoms with Crippen molar-refractivity contribution >= 4 is 28.7 Å². The van der Waals surface area contributed by atoms with Gasteiger partial charge in [0.15, 0.2) is 0 Å². The van der Waals surface area contributed by atoms with Crippen LogP contribution in [0.4, 0.5) is 17.1 Å². The van der Waals surface area contributed by atoms with Crippen molar-refractivity contribution in [2.75, 3.05) is 4.90 Å². The Hall–Kier alpha value is -6.70. The third kappa shape index (κ3) is 5.30. The minimum Gasteiger partial charge on any atom is -0.310 e. The van der Waals surface area contributed by atoms with Crippen LogP contribution in [0.15, 0.2) is 188 Å². The summed E-state index contributed by atoms with van der Waals surface area (Å²) in [6.07, 6.45) is 2.32. The lowest BCUT2D eigenvalue weighted by atomic mass is 9.70. The van der Waals surface area contributed by atoms with Crippen LogP contribution >= 0.6 is 0 Å². The third-order valence-electron chi connectivity index (χ3n) is 11.7. The highest BCUT2D eigenvalue weighted by Crippen LogP contribution is 2.63. The molecule has 55 heavy (non-hydrogen) atoms. The van der Waals surface area contributed by atoms with Crippen LogP contribution in [-0.2, 0) is 5.41 Å². The Kier molecular flexibility index (Phi) is 7.78. The summed E-state index contributed by atoms with van der Waals surface area (Å²) in [5.74, 6) is 0. The van der Waals surface area contributed by atoms with Crippen molar-refractivity contribution in [1.29, 1.82) is 0 Å². The molecule has 0 saturated carbocycles. The van der Waals surface area contributed by atoms with Gasteiger partial charge in [-0.05, 0) is 130 Å². The van der Waals surface area contributed by atoms with Crippen LogP contribution in [0, 0.1) is 20.8 Å². The quantitative estimate of drug-likeness (QED) is 0.156. The van der Waals surface area contributed by atoms with Crippen LogP contribution in [-0.4, -0.2) is 0 Å². The maximum atomic E-state index is 2.47. The molecule has 8 aromatic rings. The second-order valence-corrected chi connectivity index (χ2v) is 15.2. The molecule has 1 spiro atoms. The first-order valence-corrected chi connectivity index (χ1v) is 19.3. The van der Waals surface area contributed by atoms with Crippen LogP contribution in [0.5, 0.6) is 0 Å². The van der Waals surface area contributed by atoms with Crippen LogP contribution in [0.2, 0.25) is 0 Å². The summed E-state index contributed by atoms with van der Waals surface area (Å²) in [6, 6.07) is 69.9. The summed E-state index contributed by atoms with van der Waals surface area (Å²) in [5.41, 5.74) is 22.2. The standard InChI is InChI=1S/C54H41N/c1-36-16-24-40(25-17-36)49(41-26-18-37(2)19-27-41)34-39-22-30-43(31-23-39)55(42-28-20-38(3)21-29-42)44-32-33-48-47-12-6-9-15-52(47)54(53(48)35-44)50-13-7-4-10-45(50)46-11-5-8-14-51(46)54/h4-35H,1-3H3. The molecular weight excluding hydrogens is 663 g/mol. The molecule has 0 heterocycles. The lowest BCUT2D eigenvalue weighted by Gasteiger charge is -2.32. The Morgan fingerprint density at radius 2 is 0.764 bits per heavy atom. The summed E-state index contributed by atoms with van der Waals surface area (Å²) >= 11 is 0. The molecule has 0 bridgehead atoms. The molecule has 0 aliphatic heterocycles. The Morgan fingerprint density at radius 1 is 0.382 bits per heavy atom. The molecule has 10 rings (SSSR count). The van der Waals surface area contributed by atoms with Gasteiger partial charge in [0, 0.05) is 17.1 Å². The fourth-order valence-corrected chi connectivity index (χ4v) is 9.05. The van der Waals surface area contributed by atoms with Gasteiger partial charge < -0.3 is 4.90 Å². The number of hydrogen-bond acceptors (Lipinski definition) is 1. The molecule has 0 unspecified atom stereocenters. The summed E-state index contributed by atoms with van der Waals surface area (Å²) in [4.78, 5) is 2.41. The second kappa shape index (κ2) is 13.0. The molecule has 0 saturated heterocycles. The van der Waals surface area contributed by atoms with Gasteiger partial charge in [-0.3, -0.25) is 0 Å². The van der Waals surface area contributed by atoms with E-state index in [2.05, 4.69) is 220 Å². The van der Waals surface area contributed by atoms with Gasteiger partial charge >= 0.3 is 0 Å². The Bertz CT molecular complexity index is 2640. The summed E-state index contributed by atoms with van der Waals surface area (Å²) in [7, 11) is 0. The van der Waals surface area contributed by atoms with E-state index in [9.17, 15) is 0 Å². The minimum absolute atomic E-state index is 0.398. The predicted octanol–water partition coefficient (Wildman–Crippen LogP) is 14.0. The number of fused-ring (bicyclic) bond motifs is 10. The third-order valence-corrected chi connectivity index (χ3v) is 11.7. The van der Waals surface area contributed by atoms with Crippen LogP contribution in [0.1, 0.15) is 55.6 Å². The van der Waals surface area contributed by atoms with E-state index in [0.29, 0.717) is 0 Å². The van der Waals surface area contributed by atoms with Crippen molar-refractivity contribution in [2.24, 2.45) is 0 Å². The number of rotatable bonds is 6. The lowest BCUT2D eigenvalue weighted by molar-refractivity contribution is 0.793. The zero-order valence-corrected chi connectivity index (χ0v) is 31.4. The normalized spacial score (nSPS) is 12.8. The van der Waals surface area contributed by atoms with Gasteiger partial charge in [-0.2, -0.15) is 0 Å². The van der Waals surface area contributed by atoms with E-state index in [4.69, 9.17) is 0 Å². The van der Waals surface area contributed by atoms with Crippen molar-refractivity contribution in [1.82, 2.24) is 0 Å². The minimum atomic E-state index is -0.398. The molecule has 1 heteroatoms. The average molecular weight is 704 g/mol. The second-order valence-electron chi connectivity index (χ2n) is 15.2. The van der Waals surface area contributed by atoms with E-state index in [1.54, 1.807) is 0 Å². The highest BCUT2D eigenvalue weighted by atomic mass is 15.1. The molecule has 8 aromatic carbocycles. The lowest BCUT2D eigenvalue weighted by Crippen LogP contribution is -2.26. The summed E-state index contributed by atoms with van der Waals surface area (Å²) in [6.45, 7) is 6.44. The largest absolute Gasteiger partial charge is 0.310 e. The first-order chi connectivity index (χ1) is 27.0. The molecule has 2 aliphatic carbocycles. The van der Waals surface area contributed by atoms with Gasteiger partial charge in [0.25, 0.3) is 0 Å². The number of hydrogen-bond donors (Lipinski definition) is 0. The monoisotopic (exact) mass is 703 g/mol. The van der Waals surface area contributed by atoms with Crippen molar-refractivity contribution in [3.05, 3.63) is 244 Å². The SMILES string of the molecule is Cc1ccc(C(=Cc2ccc(N(c3ccc(C)cc3)c3ccc4c(c3)C3(c5ccccc5-c5ccccc53)c3ccccc3-4)cc2)c2ccc(C)cc2)cc1. The molecule has 0 N–H and O–H groups in total. The Labute approximate surface area is 324 Å². The predicted molar refractivity (Wildman–Crippen MR) is 231 cm³/mol. The fourth-order valence-electron chi connectivity index (χ4n) is 9.05. The number of benzene rings is 8. The van der Waals surface area contributed by atoms with Crippen molar-refractivity contribution in [3.8, 4) is 22.3 Å². The maximum Gasteiger partial charge on any atom is 0.0726 e. The van der Waals surface area contributed by atoms with Gasteiger partial charge in [-0.1, -0.05) is 168 Å². The van der Waals surface area contributed by atoms with E-state index < -0.39 is 5.41 Å². The molecule has 262 valence electrons. The van der Waals surface area contributed by atoms with Gasteiger partial charge in [-0.25, -0.2) is 0 Å². The molecule has 0 fully saturated rings.